The second-order valence-corrected chi connectivity index (χ2v) is 11.9. The minimum Gasteiger partial charge on any atom is -0.488 e. The molecule has 1 N–H and O–H groups in total. The largest absolute Gasteiger partial charge is 0.488 e. The quantitative estimate of drug-likeness (QED) is 0.246. The Kier molecular flexibility index (Phi) is 9.74. The summed E-state index contributed by atoms with van der Waals surface area (Å²) in [6.45, 7) is 18.3. The molecule has 1 heterocycles. The first-order chi connectivity index (χ1) is 17.5. The van der Waals surface area contributed by atoms with Crippen LogP contribution in [0, 0.1) is 5.41 Å². The third-order valence-corrected chi connectivity index (χ3v) is 9.05. The van der Waals surface area contributed by atoms with E-state index in [4.69, 9.17) is 14.2 Å². The average molecular weight is 511 g/mol. The van der Waals surface area contributed by atoms with Crippen LogP contribution in [0.25, 0.3) is 0 Å². The molecule has 4 nitrogen and oxygen atoms in total. The van der Waals surface area contributed by atoms with Crippen LogP contribution in [0.15, 0.2) is 48.5 Å². The highest BCUT2D eigenvalue weighted by Crippen LogP contribution is 2.37. The summed E-state index contributed by atoms with van der Waals surface area (Å²) in [5.74, 6) is 1.71. The molecule has 0 amide bonds. The molecule has 0 aromatic heterocycles. The van der Waals surface area contributed by atoms with Crippen LogP contribution in [0.2, 0.25) is 0 Å². The van der Waals surface area contributed by atoms with Crippen molar-refractivity contribution in [3.8, 4) is 11.5 Å². The predicted molar refractivity (Wildman–Crippen MR) is 153 cm³/mol. The standard InChI is InChI=1S/C33H50O4/c1-9-32(8,10-2)22-30(34)24(5)36-27-17-13-25(14-18-27)31(6,7)26-15-19-28(20-16-26)37-33(11-3,12-4)21-29-23-35-29/h13-20,24,29-30,34H,9-12,21-23H2,1-8H3. The molecule has 0 bridgehead atoms. The molecule has 1 saturated heterocycles. The van der Waals surface area contributed by atoms with Gasteiger partial charge in [0.05, 0.1) is 18.8 Å². The van der Waals surface area contributed by atoms with Gasteiger partial charge in [0.15, 0.2) is 0 Å². The summed E-state index contributed by atoms with van der Waals surface area (Å²) in [5.41, 5.74) is 2.27. The van der Waals surface area contributed by atoms with Crippen LogP contribution in [-0.2, 0) is 10.2 Å². The summed E-state index contributed by atoms with van der Waals surface area (Å²) < 4.78 is 18.1. The second kappa shape index (κ2) is 12.2. The van der Waals surface area contributed by atoms with Gasteiger partial charge in [0.2, 0.25) is 0 Å². The molecule has 1 fully saturated rings. The van der Waals surface area contributed by atoms with Crippen molar-refractivity contribution < 1.29 is 19.3 Å². The number of aliphatic hydroxyl groups excluding tert-OH is 1. The average Bonchev–Trinajstić information content (AvgIpc) is 3.72. The fourth-order valence-corrected chi connectivity index (χ4v) is 5.13. The van der Waals surface area contributed by atoms with E-state index in [1.54, 1.807) is 0 Å². The number of epoxide rings is 1. The highest BCUT2D eigenvalue weighted by molar-refractivity contribution is 5.42. The van der Waals surface area contributed by atoms with Crippen molar-refractivity contribution in [3.63, 3.8) is 0 Å². The van der Waals surface area contributed by atoms with Crippen LogP contribution in [-0.4, -0.2) is 35.6 Å². The van der Waals surface area contributed by atoms with Gasteiger partial charge in [-0.3, -0.25) is 0 Å². The molecule has 2 aromatic rings. The summed E-state index contributed by atoms with van der Waals surface area (Å²) in [7, 11) is 0. The van der Waals surface area contributed by atoms with Crippen molar-refractivity contribution in [1.82, 2.24) is 0 Å². The Morgan fingerprint density at radius 1 is 0.838 bits per heavy atom. The Morgan fingerprint density at radius 2 is 1.32 bits per heavy atom. The van der Waals surface area contributed by atoms with E-state index in [0.717, 1.165) is 56.6 Å². The lowest BCUT2D eigenvalue weighted by Gasteiger charge is -2.33. The van der Waals surface area contributed by atoms with E-state index in [1.165, 1.54) is 11.1 Å². The lowest BCUT2D eigenvalue weighted by molar-refractivity contribution is 0.0115. The SMILES string of the molecule is CCC(C)(CC)CC(O)C(C)Oc1ccc(C(C)(C)c2ccc(OC(CC)(CC)CC3CO3)cc2)cc1. The Bertz CT molecular complexity index is 951. The Labute approximate surface area is 225 Å². The molecule has 1 aliphatic rings. The van der Waals surface area contributed by atoms with Crippen molar-refractivity contribution >= 4 is 0 Å². The third kappa shape index (κ3) is 7.51. The van der Waals surface area contributed by atoms with Gasteiger partial charge in [0.25, 0.3) is 0 Å². The van der Waals surface area contributed by atoms with Crippen LogP contribution < -0.4 is 9.47 Å². The molecule has 3 rings (SSSR count). The molecule has 0 radical (unpaired) electrons. The summed E-state index contributed by atoms with van der Waals surface area (Å²) in [5, 5.41) is 10.7. The van der Waals surface area contributed by atoms with Crippen molar-refractivity contribution in [2.45, 2.75) is 123 Å². The maximum Gasteiger partial charge on any atom is 0.122 e. The topological polar surface area (TPSA) is 51.2 Å². The number of ether oxygens (including phenoxy) is 3. The maximum absolute atomic E-state index is 10.7. The van der Waals surface area contributed by atoms with Crippen LogP contribution in [0.4, 0.5) is 0 Å². The fourth-order valence-electron chi connectivity index (χ4n) is 5.13. The number of hydrogen-bond donors (Lipinski definition) is 1. The summed E-state index contributed by atoms with van der Waals surface area (Å²) in [4.78, 5) is 0. The van der Waals surface area contributed by atoms with Gasteiger partial charge < -0.3 is 19.3 Å². The van der Waals surface area contributed by atoms with Gasteiger partial charge in [-0.2, -0.15) is 0 Å². The van der Waals surface area contributed by atoms with E-state index >= 15 is 0 Å². The minimum atomic E-state index is -0.488. The Balaban J connectivity index is 1.65. The van der Waals surface area contributed by atoms with Gasteiger partial charge in [-0.05, 0) is 67.0 Å². The first kappa shape index (κ1) is 29.5. The van der Waals surface area contributed by atoms with Crippen LogP contribution in [0.1, 0.15) is 105 Å². The molecule has 0 spiro atoms. The zero-order valence-corrected chi connectivity index (χ0v) is 24.5. The van der Waals surface area contributed by atoms with E-state index in [-0.39, 0.29) is 22.5 Å². The van der Waals surface area contributed by atoms with Crippen molar-refractivity contribution in [2.75, 3.05) is 6.61 Å². The summed E-state index contributed by atoms with van der Waals surface area (Å²) in [6.07, 6.45) is 5.35. The first-order valence-corrected chi connectivity index (χ1v) is 14.4. The molecule has 206 valence electrons. The molecule has 37 heavy (non-hydrogen) atoms. The van der Waals surface area contributed by atoms with E-state index in [2.05, 4.69) is 84.9 Å². The normalized spacial score (nSPS) is 17.8. The highest BCUT2D eigenvalue weighted by Gasteiger charge is 2.37. The summed E-state index contributed by atoms with van der Waals surface area (Å²) >= 11 is 0. The summed E-state index contributed by atoms with van der Waals surface area (Å²) in [6, 6.07) is 16.9. The maximum atomic E-state index is 10.7. The fraction of sp³-hybridized carbons (Fsp3) is 0.636. The molecule has 3 unspecified atom stereocenters. The zero-order valence-electron chi connectivity index (χ0n) is 24.5. The number of rotatable bonds is 15. The van der Waals surface area contributed by atoms with Gasteiger partial charge >= 0.3 is 0 Å². The van der Waals surface area contributed by atoms with Gasteiger partial charge in [-0.15, -0.1) is 0 Å². The molecular weight excluding hydrogens is 460 g/mol. The van der Waals surface area contributed by atoms with Gasteiger partial charge in [-0.25, -0.2) is 0 Å². The molecule has 2 aromatic carbocycles. The number of hydrogen-bond acceptors (Lipinski definition) is 4. The van der Waals surface area contributed by atoms with Gasteiger partial charge in [0.1, 0.15) is 23.2 Å². The van der Waals surface area contributed by atoms with E-state index < -0.39 is 6.10 Å². The lowest BCUT2D eigenvalue weighted by atomic mass is 9.78. The molecule has 4 heteroatoms. The second-order valence-electron chi connectivity index (χ2n) is 11.9. The van der Waals surface area contributed by atoms with Crippen LogP contribution >= 0.6 is 0 Å². The monoisotopic (exact) mass is 510 g/mol. The van der Waals surface area contributed by atoms with Crippen molar-refractivity contribution in [3.05, 3.63) is 59.7 Å². The molecule has 0 saturated carbocycles. The number of benzene rings is 2. The highest BCUT2D eigenvalue weighted by atomic mass is 16.6. The van der Waals surface area contributed by atoms with Crippen molar-refractivity contribution in [1.29, 1.82) is 0 Å². The smallest absolute Gasteiger partial charge is 0.122 e. The number of aliphatic hydroxyl groups is 1. The van der Waals surface area contributed by atoms with E-state index in [9.17, 15) is 5.11 Å². The van der Waals surface area contributed by atoms with Crippen LogP contribution in [0.5, 0.6) is 11.5 Å². The molecular formula is C33H50O4. The Morgan fingerprint density at radius 3 is 1.76 bits per heavy atom. The minimum absolute atomic E-state index is 0.145. The molecule has 1 aliphatic heterocycles. The predicted octanol–water partition coefficient (Wildman–Crippen LogP) is 8.08. The molecule has 3 atom stereocenters. The molecule has 0 aliphatic carbocycles. The third-order valence-electron chi connectivity index (χ3n) is 9.05. The van der Waals surface area contributed by atoms with Gasteiger partial charge in [-0.1, -0.05) is 85.6 Å². The zero-order chi connectivity index (χ0) is 27.3. The lowest BCUT2D eigenvalue weighted by Crippen LogP contribution is -2.36. The van der Waals surface area contributed by atoms with Crippen LogP contribution in [0.3, 0.4) is 0 Å². The Hall–Kier alpha value is -2.04. The van der Waals surface area contributed by atoms with E-state index in [0.29, 0.717) is 6.10 Å². The van der Waals surface area contributed by atoms with Crippen molar-refractivity contribution in [2.24, 2.45) is 5.41 Å². The van der Waals surface area contributed by atoms with Gasteiger partial charge in [0, 0.05) is 11.8 Å². The first-order valence-electron chi connectivity index (χ1n) is 14.4. The van der Waals surface area contributed by atoms with E-state index in [1.807, 2.05) is 19.1 Å².